The van der Waals surface area contributed by atoms with Crippen LogP contribution in [-0.2, 0) is 14.3 Å². The molecule has 154 valence electrons. The van der Waals surface area contributed by atoms with Gasteiger partial charge in [0.2, 0.25) is 0 Å². The van der Waals surface area contributed by atoms with Gasteiger partial charge in [0.25, 0.3) is 5.91 Å². The largest absolute Gasteiger partial charge is 0.456 e. The average Bonchev–Trinajstić information content (AvgIpc) is 3.27. The van der Waals surface area contributed by atoms with Gasteiger partial charge in [-0.25, -0.2) is 0 Å². The average molecular weight is 415 g/mol. The van der Waals surface area contributed by atoms with Crippen molar-refractivity contribution < 1.29 is 19.1 Å². The number of piperidine rings is 1. The van der Waals surface area contributed by atoms with Gasteiger partial charge in [-0.2, -0.15) is 0 Å². The Bertz CT molecular complexity index is 825. The molecule has 29 heavy (non-hydrogen) atoms. The van der Waals surface area contributed by atoms with Crippen molar-refractivity contribution in [3.05, 3.63) is 46.7 Å². The monoisotopic (exact) mass is 414 g/mol. The Balaban J connectivity index is 1.37. The number of amides is 1. The van der Waals surface area contributed by atoms with Crippen LogP contribution in [-0.4, -0.2) is 37.4 Å². The third-order valence-corrected chi connectivity index (χ3v) is 5.93. The molecule has 2 aromatic rings. The summed E-state index contributed by atoms with van der Waals surface area (Å²) in [4.78, 5) is 38.6. The summed E-state index contributed by atoms with van der Waals surface area (Å²) in [5.74, 6) is -0.270. The Kier molecular flexibility index (Phi) is 7.41. The Labute approximate surface area is 174 Å². The van der Waals surface area contributed by atoms with E-state index in [9.17, 15) is 14.4 Å². The molecule has 1 aromatic carbocycles. The molecule has 0 unspecified atom stereocenters. The SMILES string of the molecule is CC1CCN(c2ccc(NC(=O)COC(=O)CCC(=O)c3cccs3)cc2)CC1. The Morgan fingerprint density at radius 2 is 1.83 bits per heavy atom. The van der Waals surface area contributed by atoms with Crippen LogP contribution in [0.1, 0.15) is 42.3 Å². The first-order chi connectivity index (χ1) is 14.0. The van der Waals surface area contributed by atoms with E-state index >= 15 is 0 Å². The lowest BCUT2D eigenvalue weighted by atomic mass is 9.99. The number of carbonyl (C=O) groups is 3. The maximum absolute atomic E-state index is 12.0. The maximum atomic E-state index is 12.0. The summed E-state index contributed by atoms with van der Waals surface area (Å²) in [6.45, 7) is 4.03. The highest BCUT2D eigenvalue weighted by Gasteiger charge is 2.16. The standard InChI is InChI=1S/C22H26N2O4S/c1-16-10-12-24(13-11-16)18-6-4-17(5-7-18)23-21(26)15-28-22(27)9-8-19(25)20-3-2-14-29-20/h2-7,14,16H,8-13,15H2,1H3,(H,23,26). The molecule has 0 saturated carbocycles. The predicted molar refractivity (Wildman–Crippen MR) is 115 cm³/mol. The van der Waals surface area contributed by atoms with Gasteiger partial charge in [0, 0.05) is 30.9 Å². The lowest BCUT2D eigenvalue weighted by Crippen LogP contribution is -2.32. The second-order valence-electron chi connectivity index (χ2n) is 7.33. The molecule has 0 aliphatic carbocycles. The highest BCUT2D eigenvalue weighted by atomic mass is 32.1. The summed E-state index contributed by atoms with van der Waals surface area (Å²) in [6, 6.07) is 11.2. The minimum absolute atomic E-state index is 0.0346. The first-order valence-corrected chi connectivity index (χ1v) is 10.8. The minimum Gasteiger partial charge on any atom is -0.456 e. The van der Waals surface area contributed by atoms with E-state index in [1.807, 2.05) is 29.6 Å². The first kappa shape index (κ1) is 21.0. The molecule has 0 radical (unpaired) electrons. The van der Waals surface area contributed by atoms with Crippen LogP contribution in [0.2, 0.25) is 0 Å². The number of rotatable bonds is 8. The van der Waals surface area contributed by atoms with Crippen molar-refractivity contribution in [3.63, 3.8) is 0 Å². The second-order valence-corrected chi connectivity index (χ2v) is 8.27. The molecule has 7 heteroatoms. The first-order valence-electron chi connectivity index (χ1n) is 9.88. The molecule has 1 saturated heterocycles. The number of nitrogens with zero attached hydrogens (tertiary/aromatic N) is 1. The highest BCUT2D eigenvalue weighted by Crippen LogP contribution is 2.24. The zero-order chi connectivity index (χ0) is 20.6. The lowest BCUT2D eigenvalue weighted by molar-refractivity contribution is -0.147. The van der Waals surface area contributed by atoms with E-state index < -0.39 is 11.9 Å². The van der Waals surface area contributed by atoms with Gasteiger partial charge in [0.1, 0.15) is 0 Å². The second kappa shape index (κ2) is 10.2. The number of Topliss-reactive ketones (excluding diaryl/α,β-unsaturated/α-hetero) is 1. The number of esters is 1. The van der Waals surface area contributed by atoms with E-state index in [4.69, 9.17) is 4.74 Å². The third-order valence-electron chi connectivity index (χ3n) is 5.02. The number of carbonyl (C=O) groups excluding carboxylic acids is 3. The number of thiophene rings is 1. The zero-order valence-corrected chi connectivity index (χ0v) is 17.4. The molecule has 1 amide bonds. The van der Waals surface area contributed by atoms with Crippen molar-refractivity contribution in [2.75, 3.05) is 29.9 Å². The summed E-state index contributed by atoms with van der Waals surface area (Å²) in [6.07, 6.45) is 2.44. The minimum atomic E-state index is -0.556. The molecular formula is C22H26N2O4S. The van der Waals surface area contributed by atoms with Gasteiger partial charge >= 0.3 is 5.97 Å². The van der Waals surface area contributed by atoms with Crippen LogP contribution in [0, 0.1) is 5.92 Å². The van der Waals surface area contributed by atoms with Gasteiger partial charge in [-0.05, 0) is 54.5 Å². The van der Waals surface area contributed by atoms with Gasteiger partial charge < -0.3 is 15.0 Å². The number of nitrogens with one attached hydrogen (secondary N) is 1. The molecule has 1 N–H and O–H groups in total. The molecule has 0 bridgehead atoms. The van der Waals surface area contributed by atoms with E-state index in [0.29, 0.717) is 10.6 Å². The zero-order valence-electron chi connectivity index (χ0n) is 16.6. The molecule has 1 aliphatic heterocycles. The van der Waals surface area contributed by atoms with Crippen LogP contribution < -0.4 is 10.2 Å². The number of ketones is 1. The highest BCUT2D eigenvalue weighted by molar-refractivity contribution is 7.12. The van der Waals surface area contributed by atoms with E-state index in [-0.39, 0.29) is 25.2 Å². The van der Waals surface area contributed by atoms with Crippen LogP contribution in [0.5, 0.6) is 0 Å². The number of anilines is 2. The molecule has 0 spiro atoms. The quantitative estimate of drug-likeness (QED) is 0.519. The molecular weight excluding hydrogens is 388 g/mol. The van der Waals surface area contributed by atoms with Gasteiger partial charge in [-0.1, -0.05) is 13.0 Å². The fourth-order valence-electron chi connectivity index (χ4n) is 3.21. The Hall–Kier alpha value is -2.67. The molecule has 3 rings (SSSR count). The van der Waals surface area contributed by atoms with Gasteiger partial charge in [-0.3, -0.25) is 14.4 Å². The van der Waals surface area contributed by atoms with Crippen molar-refractivity contribution in [1.29, 1.82) is 0 Å². The van der Waals surface area contributed by atoms with Crippen molar-refractivity contribution >= 4 is 40.4 Å². The fraction of sp³-hybridized carbons (Fsp3) is 0.409. The summed E-state index contributed by atoms with van der Waals surface area (Å²) < 4.78 is 4.96. The van der Waals surface area contributed by atoms with Gasteiger partial charge in [0.15, 0.2) is 12.4 Å². The molecule has 2 heterocycles. The van der Waals surface area contributed by atoms with Crippen LogP contribution in [0.4, 0.5) is 11.4 Å². The summed E-state index contributed by atoms with van der Waals surface area (Å²) in [5, 5.41) is 4.54. The maximum Gasteiger partial charge on any atom is 0.306 e. The van der Waals surface area contributed by atoms with Crippen LogP contribution in [0.25, 0.3) is 0 Å². The molecule has 1 fully saturated rings. The van der Waals surface area contributed by atoms with Crippen molar-refractivity contribution in [2.45, 2.75) is 32.6 Å². The molecule has 6 nitrogen and oxygen atoms in total. The number of hydrogen-bond acceptors (Lipinski definition) is 6. The molecule has 1 aliphatic rings. The van der Waals surface area contributed by atoms with Crippen molar-refractivity contribution in [3.8, 4) is 0 Å². The van der Waals surface area contributed by atoms with E-state index in [0.717, 1.165) is 24.7 Å². The fourth-order valence-corrected chi connectivity index (χ4v) is 3.91. The van der Waals surface area contributed by atoms with E-state index in [2.05, 4.69) is 17.1 Å². The topological polar surface area (TPSA) is 75.7 Å². The van der Waals surface area contributed by atoms with Crippen LogP contribution >= 0.6 is 11.3 Å². The summed E-state index contributed by atoms with van der Waals surface area (Å²) in [5.41, 5.74) is 1.81. The van der Waals surface area contributed by atoms with Crippen LogP contribution in [0.3, 0.4) is 0 Å². The van der Waals surface area contributed by atoms with Gasteiger partial charge in [0.05, 0.1) is 11.3 Å². The smallest absolute Gasteiger partial charge is 0.306 e. The van der Waals surface area contributed by atoms with Gasteiger partial charge in [-0.15, -0.1) is 11.3 Å². The Morgan fingerprint density at radius 1 is 1.10 bits per heavy atom. The lowest BCUT2D eigenvalue weighted by Gasteiger charge is -2.32. The normalized spacial score (nSPS) is 14.4. The van der Waals surface area contributed by atoms with Crippen molar-refractivity contribution in [1.82, 2.24) is 0 Å². The Morgan fingerprint density at radius 3 is 2.48 bits per heavy atom. The number of ether oxygens (including phenoxy) is 1. The summed E-state index contributed by atoms with van der Waals surface area (Å²) in [7, 11) is 0. The predicted octanol–water partition coefficient (Wildman–Crippen LogP) is 4.13. The van der Waals surface area contributed by atoms with Crippen LogP contribution in [0.15, 0.2) is 41.8 Å². The molecule has 1 aromatic heterocycles. The summed E-state index contributed by atoms with van der Waals surface area (Å²) >= 11 is 1.34. The number of benzene rings is 1. The molecule has 0 atom stereocenters. The number of hydrogen-bond donors (Lipinski definition) is 1. The third kappa shape index (κ3) is 6.42. The van der Waals surface area contributed by atoms with Crippen molar-refractivity contribution in [2.24, 2.45) is 5.92 Å². The van der Waals surface area contributed by atoms with E-state index in [1.165, 1.54) is 24.2 Å². The van der Waals surface area contributed by atoms with E-state index in [1.54, 1.807) is 12.1 Å².